The van der Waals surface area contributed by atoms with Crippen molar-refractivity contribution in [2.45, 2.75) is 45.5 Å². The lowest BCUT2D eigenvalue weighted by Crippen LogP contribution is -2.47. The summed E-state index contributed by atoms with van der Waals surface area (Å²) in [6.07, 6.45) is -0.739. The van der Waals surface area contributed by atoms with E-state index in [4.69, 9.17) is 0 Å². The van der Waals surface area contributed by atoms with Crippen LogP contribution in [0.2, 0.25) is 0 Å². The Morgan fingerprint density at radius 1 is 1.50 bits per heavy atom. The number of nitrogens with one attached hydrogen (secondary N) is 1. The van der Waals surface area contributed by atoms with E-state index < -0.39 is 6.23 Å². The summed E-state index contributed by atoms with van der Waals surface area (Å²) in [5.74, 6) is 0. The Balaban J connectivity index is 2.84. The van der Waals surface area contributed by atoms with Crippen LogP contribution >= 0.6 is 0 Å². The monoisotopic (exact) mass is 172 g/mol. The van der Waals surface area contributed by atoms with E-state index in [1.54, 1.807) is 4.90 Å². The minimum atomic E-state index is -0.739. The van der Waals surface area contributed by atoms with Crippen molar-refractivity contribution in [2.75, 3.05) is 0 Å². The summed E-state index contributed by atoms with van der Waals surface area (Å²) >= 11 is 0. The van der Waals surface area contributed by atoms with Crippen LogP contribution in [0.25, 0.3) is 0 Å². The number of aliphatic hydroxyl groups excluding tert-OH is 1. The molecule has 1 aliphatic rings. The first-order valence-electron chi connectivity index (χ1n) is 4.12. The molecule has 4 heteroatoms. The molecule has 0 aliphatic carbocycles. The molecule has 0 radical (unpaired) electrons. The number of aliphatic hydroxyl groups is 1. The van der Waals surface area contributed by atoms with Crippen molar-refractivity contribution in [1.82, 2.24) is 10.2 Å². The number of nitrogens with zero attached hydrogens (tertiary/aromatic N) is 1. The Labute approximate surface area is 72.6 Å². The van der Waals surface area contributed by atoms with E-state index in [1.165, 1.54) is 0 Å². The molecule has 4 nitrogen and oxygen atoms in total. The van der Waals surface area contributed by atoms with Gasteiger partial charge in [-0.05, 0) is 27.7 Å². The molecule has 1 saturated heterocycles. The van der Waals surface area contributed by atoms with E-state index in [9.17, 15) is 9.90 Å². The molecule has 1 rings (SSSR count). The minimum Gasteiger partial charge on any atom is -0.371 e. The van der Waals surface area contributed by atoms with Crippen LogP contribution in [0.5, 0.6) is 0 Å². The number of hydrogen-bond acceptors (Lipinski definition) is 2. The van der Waals surface area contributed by atoms with E-state index >= 15 is 0 Å². The van der Waals surface area contributed by atoms with Crippen molar-refractivity contribution >= 4 is 6.03 Å². The molecule has 2 N–H and O–H groups in total. The summed E-state index contributed by atoms with van der Waals surface area (Å²) in [6.45, 7) is 7.66. The van der Waals surface area contributed by atoms with Crippen molar-refractivity contribution in [3.8, 4) is 0 Å². The van der Waals surface area contributed by atoms with Gasteiger partial charge in [0.1, 0.15) is 6.23 Å². The zero-order valence-electron chi connectivity index (χ0n) is 7.96. The molecule has 1 unspecified atom stereocenters. The summed E-state index contributed by atoms with van der Waals surface area (Å²) < 4.78 is 0. The molecule has 12 heavy (non-hydrogen) atoms. The molecular formula is C8H16N2O2. The fraction of sp³-hybridized carbons (Fsp3) is 0.875. The van der Waals surface area contributed by atoms with Crippen LogP contribution in [0.15, 0.2) is 0 Å². The van der Waals surface area contributed by atoms with Crippen LogP contribution in [0, 0.1) is 0 Å². The van der Waals surface area contributed by atoms with Gasteiger partial charge in [0.25, 0.3) is 0 Å². The molecule has 2 amide bonds. The second kappa shape index (κ2) is 2.62. The van der Waals surface area contributed by atoms with Gasteiger partial charge in [-0.1, -0.05) is 0 Å². The van der Waals surface area contributed by atoms with Gasteiger partial charge in [0, 0.05) is 5.54 Å². The molecule has 70 valence electrons. The van der Waals surface area contributed by atoms with Crippen LogP contribution in [0.3, 0.4) is 0 Å². The van der Waals surface area contributed by atoms with Crippen molar-refractivity contribution in [1.29, 1.82) is 0 Å². The Morgan fingerprint density at radius 2 is 2.00 bits per heavy atom. The maximum absolute atomic E-state index is 11.3. The first-order chi connectivity index (χ1) is 5.34. The SMILES string of the molecule is C[C@@H]1C(O)NC(=O)N1C(C)(C)C. The molecule has 0 bridgehead atoms. The number of amides is 2. The van der Waals surface area contributed by atoms with E-state index in [0.29, 0.717) is 0 Å². The number of carbonyl (C=O) groups is 1. The first-order valence-corrected chi connectivity index (χ1v) is 4.12. The molecule has 0 saturated carbocycles. The molecule has 0 aromatic heterocycles. The fourth-order valence-corrected chi connectivity index (χ4v) is 1.56. The average molecular weight is 172 g/mol. The predicted molar refractivity (Wildman–Crippen MR) is 45.6 cm³/mol. The quantitative estimate of drug-likeness (QED) is 0.559. The van der Waals surface area contributed by atoms with Crippen LogP contribution in [0.4, 0.5) is 4.79 Å². The topological polar surface area (TPSA) is 52.6 Å². The Kier molecular flexibility index (Phi) is 2.04. The molecule has 0 aromatic rings. The van der Waals surface area contributed by atoms with E-state index in [2.05, 4.69) is 5.32 Å². The van der Waals surface area contributed by atoms with Crippen molar-refractivity contribution < 1.29 is 9.90 Å². The lowest BCUT2D eigenvalue weighted by atomic mass is 10.0. The van der Waals surface area contributed by atoms with Crippen LogP contribution in [0.1, 0.15) is 27.7 Å². The average Bonchev–Trinajstić information content (AvgIpc) is 2.05. The van der Waals surface area contributed by atoms with Crippen LogP contribution < -0.4 is 5.32 Å². The summed E-state index contributed by atoms with van der Waals surface area (Å²) in [7, 11) is 0. The number of rotatable bonds is 0. The largest absolute Gasteiger partial charge is 0.371 e. The highest BCUT2D eigenvalue weighted by Gasteiger charge is 2.40. The minimum absolute atomic E-state index is 0.155. The van der Waals surface area contributed by atoms with Gasteiger partial charge < -0.3 is 15.3 Å². The van der Waals surface area contributed by atoms with Gasteiger partial charge in [0.2, 0.25) is 0 Å². The van der Waals surface area contributed by atoms with Gasteiger partial charge in [0.05, 0.1) is 6.04 Å². The zero-order chi connectivity index (χ0) is 9.52. The highest BCUT2D eigenvalue weighted by atomic mass is 16.3. The summed E-state index contributed by atoms with van der Waals surface area (Å²) in [5, 5.41) is 11.8. The predicted octanol–water partition coefficient (Wildman–Crippen LogP) is 0.517. The standard InChI is InChI=1S/C8H16N2O2/c1-5-6(11)9-7(12)10(5)8(2,3)4/h5-6,11H,1-4H3,(H,9,12)/t5-,6?/m1/s1. The molecule has 0 aromatic carbocycles. The third-order valence-electron chi connectivity index (χ3n) is 2.08. The van der Waals surface area contributed by atoms with Gasteiger partial charge in [0.15, 0.2) is 0 Å². The van der Waals surface area contributed by atoms with E-state index in [1.807, 2.05) is 27.7 Å². The number of urea groups is 1. The van der Waals surface area contributed by atoms with E-state index in [0.717, 1.165) is 0 Å². The third kappa shape index (κ3) is 1.39. The van der Waals surface area contributed by atoms with Gasteiger partial charge in [-0.3, -0.25) is 0 Å². The highest BCUT2D eigenvalue weighted by Crippen LogP contribution is 2.22. The summed E-state index contributed by atoms with van der Waals surface area (Å²) in [5.41, 5.74) is -0.235. The lowest BCUT2D eigenvalue weighted by molar-refractivity contribution is 0.0799. The van der Waals surface area contributed by atoms with Crippen molar-refractivity contribution in [2.24, 2.45) is 0 Å². The summed E-state index contributed by atoms with van der Waals surface area (Å²) in [6, 6.07) is -0.347. The Bertz CT molecular complexity index is 198. The second-order valence-electron chi connectivity index (χ2n) is 4.18. The fourth-order valence-electron chi connectivity index (χ4n) is 1.56. The normalized spacial score (nSPS) is 30.8. The molecule has 1 fully saturated rings. The third-order valence-corrected chi connectivity index (χ3v) is 2.08. The smallest absolute Gasteiger partial charge is 0.320 e. The van der Waals surface area contributed by atoms with Gasteiger partial charge in [-0.2, -0.15) is 0 Å². The number of hydrogen-bond donors (Lipinski definition) is 2. The number of carbonyl (C=O) groups excluding carboxylic acids is 1. The van der Waals surface area contributed by atoms with Crippen molar-refractivity contribution in [3.63, 3.8) is 0 Å². The van der Waals surface area contributed by atoms with Crippen LogP contribution in [-0.2, 0) is 0 Å². The molecular weight excluding hydrogens is 156 g/mol. The zero-order valence-corrected chi connectivity index (χ0v) is 7.96. The maximum atomic E-state index is 11.3. The Hall–Kier alpha value is -0.770. The van der Waals surface area contributed by atoms with Gasteiger partial charge >= 0.3 is 6.03 Å². The molecule has 1 aliphatic heterocycles. The molecule has 1 heterocycles. The Morgan fingerprint density at radius 3 is 2.17 bits per heavy atom. The van der Waals surface area contributed by atoms with Gasteiger partial charge in [-0.25, -0.2) is 4.79 Å². The molecule has 0 spiro atoms. The van der Waals surface area contributed by atoms with Gasteiger partial charge in [-0.15, -0.1) is 0 Å². The van der Waals surface area contributed by atoms with Crippen molar-refractivity contribution in [3.05, 3.63) is 0 Å². The highest BCUT2D eigenvalue weighted by molar-refractivity contribution is 5.78. The summed E-state index contributed by atoms with van der Waals surface area (Å²) in [4.78, 5) is 12.9. The second-order valence-corrected chi connectivity index (χ2v) is 4.18. The lowest BCUT2D eigenvalue weighted by Gasteiger charge is -2.34. The maximum Gasteiger partial charge on any atom is 0.320 e. The first kappa shape index (κ1) is 9.32. The molecule has 2 atom stereocenters. The van der Waals surface area contributed by atoms with E-state index in [-0.39, 0.29) is 17.6 Å². The van der Waals surface area contributed by atoms with Crippen LogP contribution in [-0.4, -0.2) is 33.8 Å².